The van der Waals surface area contributed by atoms with Gasteiger partial charge in [0.05, 0.1) is 15.7 Å². The van der Waals surface area contributed by atoms with E-state index < -0.39 is 28.8 Å². The van der Waals surface area contributed by atoms with Crippen LogP contribution in [0, 0.1) is 16.0 Å². The first kappa shape index (κ1) is 16.3. The molecule has 0 unspecified atom stereocenters. The van der Waals surface area contributed by atoms with Gasteiger partial charge in [0.2, 0.25) is 0 Å². The van der Waals surface area contributed by atoms with E-state index in [1.807, 2.05) is 0 Å². The molecular formula is C14H16N2O5S. The fourth-order valence-corrected chi connectivity index (χ4v) is 3.20. The zero-order valence-electron chi connectivity index (χ0n) is 11.9. The molecule has 2 rings (SSSR count). The standard InChI is InChI=1S/C14H16N2O5S/c1-22-12-6-5-8(7-11(12)16(20)21)13(17)15-10-4-2-3-9(10)14(18)19/h5-7,9-10H,2-4H2,1H3,(H,15,17)(H,18,19)/t9-,10+/m0/s1. The highest BCUT2D eigenvalue weighted by atomic mass is 32.2. The normalized spacial score (nSPS) is 20.6. The Morgan fingerprint density at radius 2 is 2.14 bits per heavy atom. The Bertz CT molecular complexity index is 619. The number of nitrogens with one attached hydrogen (secondary N) is 1. The van der Waals surface area contributed by atoms with E-state index >= 15 is 0 Å². The van der Waals surface area contributed by atoms with Gasteiger partial charge in [0, 0.05) is 17.7 Å². The van der Waals surface area contributed by atoms with Crippen LogP contribution in [0.25, 0.3) is 0 Å². The molecule has 1 saturated carbocycles. The number of amides is 1. The molecule has 2 N–H and O–H groups in total. The zero-order chi connectivity index (χ0) is 16.3. The molecule has 22 heavy (non-hydrogen) atoms. The minimum absolute atomic E-state index is 0.124. The minimum Gasteiger partial charge on any atom is -0.481 e. The number of rotatable bonds is 5. The van der Waals surface area contributed by atoms with Crippen molar-refractivity contribution in [2.75, 3.05) is 6.26 Å². The maximum Gasteiger partial charge on any atom is 0.308 e. The molecule has 0 aliphatic heterocycles. The monoisotopic (exact) mass is 324 g/mol. The molecule has 0 heterocycles. The van der Waals surface area contributed by atoms with Crippen molar-refractivity contribution in [3.05, 3.63) is 33.9 Å². The van der Waals surface area contributed by atoms with Crippen LogP contribution in [0.15, 0.2) is 23.1 Å². The summed E-state index contributed by atoms with van der Waals surface area (Å²) in [6.07, 6.45) is 3.60. The van der Waals surface area contributed by atoms with E-state index in [0.717, 1.165) is 6.42 Å². The van der Waals surface area contributed by atoms with Crippen molar-refractivity contribution in [1.29, 1.82) is 0 Å². The lowest BCUT2D eigenvalue weighted by molar-refractivity contribution is -0.387. The van der Waals surface area contributed by atoms with Crippen LogP contribution in [0.4, 0.5) is 5.69 Å². The van der Waals surface area contributed by atoms with Gasteiger partial charge in [-0.05, 0) is 31.2 Å². The predicted molar refractivity (Wildman–Crippen MR) is 81.1 cm³/mol. The van der Waals surface area contributed by atoms with Crippen LogP contribution in [0.5, 0.6) is 0 Å². The number of carbonyl (C=O) groups excluding carboxylic acids is 1. The molecule has 2 atom stereocenters. The first-order valence-electron chi connectivity index (χ1n) is 6.80. The third-order valence-corrected chi connectivity index (χ3v) is 4.57. The Kier molecular flexibility index (Phi) is 5.02. The molecule has 0 radical (unpaired) electrons. The number of thioether (sulfide) groups is 1. The number of carboxylic acid groups (broad SMARTS) is 1. The number of nitro benzene ring substituents is 1. The molecule has 8 heteroatoms. The molecule has 1 aromatic rings. The van der Waals surface area contributed by atoms with Crippen molar-refractivity contribution in [1.82, 2.24) is 5.32 Å². The van der Waals surface area contributed by atoms with Crippen molar-refractivity contribution in [3.63, 3.8) is 0 Å². The Morgan fingerprint density at radius 3 is 2.73 bits per heavy atom. The van der Waals surface area contributed by atoms with Crippen molar-refractivity contribution < 1.29 is 19.6 Å². The van der Waals surface area contributed by atoms with Crippen molar-refractivity contribution >= 4 is 29.3 Å². The number of hydrogen-bond acceptors (Lipinski definition) is 5. The molecule has 1 aliphatic rings. The molecule has 1 aliphatic carbocycles. The molecule has 0 spiro atoms. The number of hydrogen-bond donors (Lipinski definition) is 2. The molecular weight excluding hydrogens is 308 g/mol. The Labute approximate surface area is 131 Å². The fraction of sp³-hybridized carbons (Fsp3) is 0.429. The van der Waals surface area contributed by atoms with Gasteiger partial charge in [-0.15, -0.1) is 11.8 Å². The lowest BCUT2D eigenvalue weighted by atomic mass is 10.0. The van der Waals surface area contributed by atoms with Crippen LogP contribution in [-0.2, 0) is 4.79 Å². The van der Waals surface area contributed by atoms with E-state index in [2.05, 4.69) is 5.32 Å². The maximum absolute atomic E-state index is 12.2. The average molecular weight is 324 g/mol. The van der Waals surface area contributed by atoms with E-state index in [1.165, 1.54) is 30.0 Å². The topological polar surface area (TPSA) is 110 Å². The van der Waals surface area contributed by atoms with E-state index in [4.69, 9.17) is 5.11 Å². The van der Waals surface area contributed by atoms with Gasteiger partial charge < -0.3 is 10.4 Å². The predicted octanol–water partition coefficient (Wildman–Crippen LogP) is 2.30. The summed E-state index contributed by atoms with van der Waals surface area (Å²) in [5.74, 6) is -2.00. The summed E-state index contributed by atoms with van der Waals surface area (Å²) in [5, 5.41) is 22.8. The highest BCUT2D eigenvalue weighted by molar-refractivity contribution is 7.98. The SMILES string of the molecule is CSc1ccc(C(=O)N[C@@H]2CCC[C@@H]2C(=O)O)cc1[N+](=O)[O-]. The number of aliphatic carboxylic acids is 1. The highest BCUT2D eigenvalue weighted by Gasteiger charge is 2.34. The van der Waals surface area contributed by atoms with Gasteiger partial charge in [0.1, 0.15) is 0 Å². The fourth-order valence-electron chi connectivity index (χ4n) is 2.65. The van der Waals surface area contributed by atoms with Crippen molar-refractivity contribution in [3.8, 4) is 0 Å². The molecule has 1 amide bonds. The summed E-state index contributed by atoms with van der Waals surface area (Å²) in [4.78, 5) is 34.3. The van der Waals surface area contributed by atoms with E-state index in [9.17, 15) is 19.7 Å². The van der Waals surface area contributed by atoms with Crippen LogP contribution < -0.4 is 5.32 Å². The van der Waals surface area contributed by atoms with Gasteiger partial charge in [-0.1, -0.05) is 6.42 Å². The summed E-state index contributed by atoms with van der Waals surface area (Å²) >= 11 is 1.23. The quantitative estimate of drug-likeness (QED) is 0.488. The van der Waals surface area contributed by atoms with Crippen LogP contribution in [0.3, 0.4) is 0 Å². The molecule has 1 fully saturated rings. The second-order valence-electron chi connectivity index (χ2n) is 5.10. The molecule has 1 aromatic carbocycles. The second kappa shape index (κ2) is 6.78. The summed E-state index contributed by atoms with van der Waals surface area (Å²) in [5.41, 5.74) is 0.0434. The summed E-state index contributed by atoms with van der Waals surface area (Å²) in [6.45, 7) is 0. The smallest absolute Gasteiger partial charge is 0.308 e. The first-order chi connectivity index (χ1) is 10.4. The highest BCUT2D eigenvalue weighted by Crippen LogP contribution is 2.29. The Balaban J connectivity index is 2.18. The van der Waals surface area contributed by atoms with Gasteiger partial charge in [0.25, 0.3) is 11.6 Å². The number of benzene rings is 1. The van der Waals surface area contributed by atoms with Crippen molar-refractivity contribution in [2.24, 2.45) is 5.92 Å². The van der Waals surface area contributed by atoms with E-state index in [1.54, 1.807) is 6.26 Å². The Hall–Kier alpha value is -2.09. The average Bonchev–Trinajstić information content (AvgIpc) is 2.94. The number of carbonyl (C=O) groups is 2. The number of nitrogens with zero attached hydrogens (tertiary/aromatic N) is 1. The number of nitro groups is 1. The lowest BCUT2D eigenvalue weighted by Gasteiger charge is -2.17. The van der Waals surface area contributed by atoms with Gasteiger partial charge in [0.15, 0.2) is 0 Å². The third-order valence-electron chi connectivity index (χ3n) is 3.79. The summed E-state index contributed by atoms with van der Waals surface area (Å²) in [7, 11) is 0. The summed E-state index contributed by atoms with van der Waals surface area (Å²) in [6, 6.07) is 3.84. The van der Waals surface area contributed by atoms with E-state index in [-0.39, 0.29) is 11.3 Å². The lowest BCUT2D eigenvalue weighted by Crippen LogP contribution is -2.40. The van der Waals surface area contributed by atoms with Gasteiger partial charge in [-0.3, -0.25) is 19.7 Å². The Morgan fingerprint density at radius 1 is 1.41 bits per heavy atom. The third kappa shape index (κ3) is 3.38. The van der Waals surface area contributed by atoms with Crippen LogP contribution >= 0.6 is 11.8 Å². The molecule has 0 saturated heterocycles. The molecule has 0 aromatic heterocycles. The largest absolute Gasteiger partial charge is 0.481 e. The maximum atomic E-state index is 12.2. The van der Waals surface area contributed by atoms with Crippen LogP contribution in [-0.4, -0.2) is 34.2 Å². The van der Waals surface area contributed by atoms with Crippen molar-refractivity contribution in [2.45, 2.75) is 30.2 Å². The van der Waals surface area contributed by atoms with Gasteiger partial charge >= 0.3 is 5.97 Å². The van der Waals surface area contributed by atoms with Gasteiger partial charge in [-0.25, -0.2) is 0 Å². The molecule has 0 bridgehead atoms. The first-order valence-corrected chi connectivity index (χ1v) is 8.02. The van der Waals surface area contributed by atoms with Crippen LogP contribution in [0.1, 0.15) is 29.6 Å². The number of carboxylic acids is 1. The van der Waals surface area contributed by atoms with Gasteiger partial charge in [-0.2, -0.15) is 0 Å². The molecule has 118 valence electrons. The van der Waals surface area contributed by atoms with E-state index in [0.29, 0.717) is 17.7 Å². The molecule has 7 nitrogen and oxygen atoms in total. The minimum atomic E-state index is -0.925. The van der Waals surface area contributed by atoms with Crippen LogP contribution in [0.2, 0.25) is 0 Å². The summed E-state index contributed by atoms with van der Waals surface area (Å²) < 4.78 is 0. The zero-order valence-corrected chi connectivity index (χ0v) is 12.8. The second-order valence-corrected chi connectivity index (χ2v) is 5.95.